The van der Waals surface area contributed by atoms with Gasteiger partial charge in [-0.3, -0.25) is 0 Å². The van der Waals surface area contributed by atoms with Crippen LogP contribution < -0.4 is 0 Å². The summed E-state index contributed by atoms with van der Waals surface area (Å²) in [5.74, 6) is -2.44. The predicted octanol–water partition coefficient (Wildman–Crippen LogP) is 2.61. The zero-order valence-electron chi connectivity index (χ0n) is 8.43. The molecule has 1 nitrogen and oxygen atoms in total. The zero-order valence-corrected chi connectivity index (χ0v) is 11.4. The van der Waals surface area contributed by atoms with E-state index in [0.717, 1.165) is 17.1 Å². The molecule has 0 saturated heterocycles. The van der Waals surface area contributed by atoms with Crippen molar-refractivity contribution in [3.8, 4) is 0 Å². The van der Waals surface area contributed by atoms with Crippen LogP contribution in [-0.4, -0.2) is 16.1 Å². The third-order valence-electron chi connectivity index (χ3n) is 1.36. The fourth-order valence-corrected chi connectivity index (χ4v) is 0.981. The number of hydrogen-bond acceptors (Lipinski definition) is 1. The van der Waals surface area contributed by atoms with Crippen molar-refractivity contribution in [1.29, 1.82) is 0 Å². The minimum atomic E-state index is -2.50. The van der Waals surface area contributed by atoms with E-state index in [-0.39, 0.29) is 12.3 Å². The molecule has 0 spiro atoms. The Kier molecular flexibility index (Phi) is 8.96. The Labute approximate surface area is 89.3 Å². The van der Waals surface area contributed by atoms with Gasteiger partial charge in [-0.25, -0.2) is 0 Å². The summed E-state index contributed by atoms with van der Waals surface area (Å²) < 4.78 is 25.8. The van der Waals surface area contributed by atoms with Crippen LogP contribution in [0.1, 0.15) is 34.1 Å². The molecule has 1 atom stereocenters. The summed E-state index contributed by atoms with van der Waals surface area (Å²) >= 11 is 1.31. The second-order valence-corrected chi connectivity index (χ2v) is 5.34. The Balaban J connectivity index is 0. The van der Waals surface area contributed by atoms with E-state index in [1.165, 1.54) is 26.3 Å². The van der Waals surface area contributed by atoms with Gasteiger partial charge in [0.15, 0.2) is 0 Å². The molecule has 0 aliphatic rings. The average molecular weight is 362 g/mol. The molecule has 0 aliphatic carbocycles. The van der Waals surface area contributed by atoms with Gasteiger partial charge in [0.05, 0.1) is 0 Å². The van der Waals surface area contributed by atoms with Crippen LogP contribution in [0.15, 0.2) is 0 Å². The van der Waals surface area contributed by atoms with Crippen LogP contribution >= 0.6 is 0 Å². The van der Waals surface area contributed by atoms with Crippen molar-refractivity contribution in [1.82, 2.24) is 0 Å². The van der Waals surface area contributed by atoms with Crippen molar-refractivity contribution in [2.45, 2.75) is 40.0 Å². The molecule has 0 N–H and O–H groups in total. The first-order valence-corrected chi connectivity index (χ1v) is 5.49. The average Bonchev–Trinajstić information content (AvgIpc) is 1.84. The SMILES string of the molecule is CC=O.C[C](=[W])C(C)CC(C)(F)F. The topological polar surface area (TPSA) is 17.1 Å². The number of carbonyl (C=O) groups is 1. The standard InChI is InChI=1S/C7H12F2.C2H4O.W/c1-4-6(2)5-7(3,8)9;1-2-3;/h6H,5H2,1-3H3;2H,1H3;. The van der Waals surface area contributed by atoms with Crippen molar-refractivity contribution < 1.29 is 32.9 Å². The van der Waals surface area contributed by atoms with Gasteiger partial charge < -0.3 is 4.79 Å². The molecule has 0 bridgehead atoms. The molecule has 0 rings (SSSR count). The molecule has 0 aromatic heterocycles. The zero-order chi connectivity index (χ0) is 11.1. The van der Waals surface area contributed by atoms with Crippen LogP contribution in [0, 0.1) is 5.92 Å². The molecule has 0 radical (unpaired) electrons. The van der Waals surface area contributed by atoms with E-state index in [9.17, 15) is 8.78 Å². The molecule has 0 amide bonds. The number of carbonyl (C=O) groups excluding carboxylic acids is 1. The molecule has 4 heteroatoms. The fraction of sp³-hybridized carbons (Fsp3) is 0.778. The number of alkyl halides is 2. The van der Waals surface area contributed by atoms with Crippen LogP contribution in [-0.2, 0) is 24.1 Å². The van der Waals surface area contributed by atoms with Gasteiger partial charge in [-0.15, -0.1) is 0 Å². The van der Waals surface area contributed by atoms with E-state index >= 15 is 0 Å². The van der Waals surface area contributed by atoms with Crippen molar-refractivity contribution in [2.75, 3.05) is 0 Å². The second-order valence-electron chi connectivity index (χ2n) is 3.02. The van der Waals surface area contributed by atoms with E-state index in [2.05, 4.69) is 0 Å². The van der Waals surface area contributed by atoms with Gasteiger partial charge in [0, 0.05) is 0 Å². The minimum absolute atomic E-state index is 0.0116. The first kappa shape index (κ1) is 15.6. The first-order valence-electron chi connectivity index (χ1n) is 4.02. The Morgan fingerprint density at radius 3 is 2.00 bits per heavy atom. The van der Waals surface area contributed by atoms with Gasteiger partial charge >= 0.3 is 71.1 Å². The van der Waals surface area contributed by atoms with Gasteiger partial charge in [0.2, 0.25) is 0 Å². The van der Waals surface area contributed by atoms with E-state index in [1.54, 1.807) is 0 Å². The monoisotopic (exact) mass is 362 g/mol. The predicted molar refractivity (Wildman–Crippen MR) is 46.8 cm³/mol. The maximum atomic E-state index is 12.3. The summed E-state index contributed by atoms with van der Waals surface area (Å²) in [6.07, 6.45) is 0.738. The number of rotatable bonds is 3. The van der Waals surface area contributed by atoms with E-state index in [0.29, 0.717) is 0 Å². The Hall–Kier alpha value is 0.0883. The summed E-state index contributed by atoms with van der Waals surface area (Å²) in [6, 6.07) is 0. The Bertz CT molecular complexity index is 163. The molecule has 0 heterocycles. The van der Waals surface area contributed by atoms with Crippen LogP contribution in [0.25, 0.3) is 0 Å². The Morgan fingerprint density at radius 2 is 1.92 bits per heavy atom. The molecule has 13 heavy (non-hydrogen) atoms. The number of halogens is 2. The normalized spacial score (nSPS) is 12.5. The molecule has 1 unspecified atom stereocenters. The molecule has 78 valence electrons. The maximum absolute atomic E-state index is 12.3. The van der Waals surface area contributed by atoms with Crippen LogP contribution in [0.2, 0.25) is 0 Å². The molecule has 0 aromatic rings. The summed E-state index contributed by atoms with van der Waals surface area (Å²) in [5, 5.41) is 0. The van der Waals surface area contributed by atoms with E-state index in [4.69, 9.17) is 4.79 Å². The number of hydrogen-bond donors (Lipinski definition) is 0. The fourth-order valence-electron chi connectivity index (χ4n) is 0.681. The van der Waals surface area contributed by atoms with Gasteiger partial charge in [0.1, 0.15) is 6.29 Å². The summed E-state index contributed by atoms with van der Waals surface area (Å²) in [7, 11) is 0. The summed E-state index contributed by atoms with van der Waals surface area (Å²) in [4.78, 5) is 8.81. The number of aldehydes is 1. The third kappa shape index (κ3) is 14.9. The van der Waals surface area contributed by atoms with Crippen molar-refractivity contribution in [2.24, 2.45) is 5.92 Å². The Morgan fingerprint density at radius 1 is 1.62 bits per heavy atom. The quantitative estimate of drug-likeness (QED) is 0.706. The molecular formula is C9H16F2OW. The van der Waals surface area contributed by atoms with Crippen LogP contribution in [0.4, 0.5) is 8.78 Å². The second kappa shape index (κ2) is 7.49. The van der Waals surface area contributed by atoms with Gasteiger partial charge in [0.25, 0.3) is 0 Å². The van der Waals surface area contributed by atoms with Gasteiger partial charge in [-0.1, -0.05) is 0 Å². The van der Waals surface area contributed by atoms with Crippen LogP contribution in [0.3, 0.4) is 0 Å². The van der Waals surface area contributed by atoms with Crippen molar-refractivity contribution in [3.63, 3.8) is 0 Å². The van der Waals surface area contributed by atoms with Crippen LogP contribution in [0.5, 0.6) is 0 Å². The van der Waals surface area contributed by atoms with Crippen molar-refractivity contribution >= 4 is 10.2 Å². The van der Waals surface area contributed by atoms with E-state index < -0.39 is 5.92 Å². The molecular weight excluding hydrogens is 346 g/mol. The summed E-state index contributed by atoms with van der Waals surface area (Å²) in [5.41, 5.74) is 0. The molecule has 0 fully saturated rings. The molecule has 0 saturated carbocycles. The van der Waals surface area contributed by atoms with E-state index in [1.807, 2.05) is 13.8 Å². The summed E-state index contributed by atoms with van der Waals surface area (Å²) in [6.45, 7) is 6.19. The van der Waals surface area contributed by atoms with Crippen molar-refractivity contribution in [3.05, 3.63) is 0 Å². The third-order valence-corrected chi connectivity index (χ3v) is 2.80. The van der Waals surface area contributed by atoms with Gasteiger partial charge in [-0.05, 0) is 6.92 Å². The molecule has 0 aromatic carbocycles. The first-order chi connectivity index (χ1) is 5.74. The van der Waals surface area contributed by atoms with Gasteiger partial charge in [-0.2, -0.15) is 0 Å². The molecule has 0 aliphatic heterocycles.